The van der Waals surface area contributed by atoms with Gasteiger partial charge in [0.25, 0.3) is 0 Å². The first-order chi connectivity index (χ1) is 6.93. The van der Waals surface area contributed by atoms with Gasteiger partial charge in [0.1, 0.15) is 0 Å². The minimum absolute atomic E-state index is 0.891. The Morgan fingerprint density at radius 3 is 2.57 bits per heavy atom. The lowest BCUT2D eigenvalue weighted by molar-refractivity contribution is 0.150. The number of rotatable bonds is 3. The third-order valence-electron chi connectivity index (χ3n) is 5.09. The Kier molecular flexibility index (Phi) is 1.58. The van der Waals surface area contributed by atoms with Gasteiger partial charge in [-0.1, -0.05) is 0 Å². The van der Waals surface area contributed by atoms with Crippen molar-refractivity contribution < 1.29 is 4.74 Å². The van der Waals surface area contributed by atoms with Gasteiger partial charge in [-0.3, -0.25) is 0 Å². The zero-order chi connectivity index (χ0) is 9.12. The highest BCUT2D eigenvalue weighted by Crippen LogP contribution is 2.53. The summed E-state index contributed by atoms with van der Waals surface area (Å²) in [7, 11) is 0. The SMILES string of the molecule is C(NC1CC[C@@H]2C[C@H]12)C1C2COCC12. The second-order valence-electron chi connectivity index (χ2n) is 5.78. The van der Waals surface area contributed by atoms with Crippen molar-refractivity contribution in [2.45, 2.75) is 25.3 Å². The van der Waals surface area contributed by atoms with E-state index in [-0.39, 0.29) is 0 Å². The van der Waals surface area contributed by atoms with Crippen LogP contribution in [0, 0.1) is 29.6 Å². The third-order valence-corrected chi connectivity index (χ3v) is 5.09. The third kappa shape index (κ3) is 1.10. The quantitative estimate of drug-likeness (QED) is 0.728. The van der Waals surface area contributed by atoms with Crippen LogP contribution in [0.3, 0.4) is 0 Å². The van der Waals surface area contributed by atoms with Gasteiger partial charge in [0.2, 0.25) is 0 Å². The zero-order valence-electron chi connectivity index (χ0n) is 8.61. The van der Waals surface area contributed by atoms with E-state index in [1.165, 1.54) is 25.8 Å². The summed E-state index contributed by atoms with van der Waals surface area (Å²) >= 11 is 0. The second kappa shape index (κ2) is 2.73. The second-order valence-corrected chi connectivity index (χ2v) is 5.78. The van der Waals surface area contributed by atoms with Gasteiger partial charge in [-0.15, -0.1) is 0 Å². The van der Waals surface area contributed by atoms with Gasteiger partial charge in [-0.25, -0.2) is 0 Å². The average Bonchev–Trinajstić information content (AvgIpc) is 3.00. The Balaban J connectivity index is 1.28. The summed E-state index contributed by atoms with van der Waals surface area (Å²) < 4.78 is 5.41. The lowest BCUT2D eigenvalue weighted by Gasteiger charge is -2.14. The van der Waals surface area contributed by atoms with Crippen LogP contribution < -0.4 is 5.32 Å². The molecule has 3 aliphatic carbocycles. The molecule has 0 aromatic rings. The van der Waals surface area contributed by atoms with E-state index in [9.17, 15) is 0 Å². The molecule has 0 spiro atoms. The molecule has 1 heterocycles. The highest BCUT2D eigenvalue weighted by atomic mass is 16.5. The van der Waals surface area contributed by atoms with Gasteiger partial charge in [0.05, 0.1) is 13.2 Å². The van der Waals surface area contributed by atoms with Crippen LogP contribution in [-0.4, -0.2) is 25.8 Å². The van der Waals surface area contributed by atoms with E-state index in [1.54, 1.807) is 0 Å². The van der Waals surface area contributed by atoms with E-state index in [1.807, 2.05) is 0 Å². The summed E-state index contributed by atoms with van der Waals surface area (Å²) in [6.07, 6.45) is 4.48. The lowest BCUT2D eigenvalue weighted by atomic mass is 10.1. The molecule has 5 atom stereocenters. The number of hydrogen-bond donors (Lipinski definition) is 1. The van der Waals surface area contributed by atoms with Crippen molar-refractivity contribution in [3.8, 4) is 0 Å². The standard InChI is InChI=1S/C12H19NO/c1-2-12(8-3-7(1)8)13-4-9-10-5-14-6-11(9)10/h7-13H,1-6H2/t7-,8+,9?,10?,11?,12?/m1/s1. The van der Waals surface area contributed by atoms with E-state index in [0.717, 1.165) is 48.8 Å². The Labute approximate surface area is 85.4 Å². The Bertz CT molecular complexity index is 245. The molecule has 3 unspecified atom stereocenters. The Morgan fingerprint density at radius 2 is 1.93 bits per heavy atom. The molecule has 1 saturated heterocycles. The average molecular weight is 193 g/mol. The smallest absolute Gasteiger partial charge is 0.0501 e. The molecule has 0 aromatic carbocycles. The molecule has 78 valence electrons. The maximum Gasteiger partial charge on any atom is 0.0501 e. The maximum absolute atomic E-state index is 5.41. The summed E-state index contributed by atoms with van der Waals surface area (Å²) in [6, 6.07) is 0.891. The molecule has 1 aliphatic heterocycles. The van der Waals surface area contributed by atoms with Gasteiger partial charge in [0, 0.05) is 6.04 Å². The predicted molar refractivity (Wildman–Crippen MR) is 53.9 cm³/mol. The molecule has 2 heteroatoms. The van der Waals surface area contributed by atoms with Crippen molar-refractivity contribution in [2.24, 2.45) is 29.6 Å². The monoisotopic (exact) mass is 193 g/mol. The van der Waals surface area contributed by atoms with E-state index in [0.29, 0.717) is 0 Å². The Hall–Kier alpha value is -0.0800. The molecule has 4 aliphatic rings. The predicted octanol–water partition coefficient (Wildman–Crippen LogP) is 1.27. The molecule has 4 rings (SSSR count). The molecule has 0 aromatic heterocycles. The van der Waals surface area contributed by atoms with Gasteiger partial charge >= 0.3 is 0 Å². The fraction of sp³-hybridized carbons (Fsp3) is 1.00. The highest BCUT2D eigenvalue weighted by Gasteiger charge is 2.54. The van der Waals surface area contributed by atoms with Crippen LogP contribution >= 0.6 is 0 Å². The van der Waals surface area contributed by atoms with Crippen LogP contribution in [0.4, 0.5) is 0 Å². The molecule has 0 radical (unpaired) electrons. The van der Waals surface area contributed by atoms with Gasteiger partial charge in [0.15, 0.2) is 0 Å². The maximum atomic E-state index is 5.41. The minimum atomic E-state index is 0.891. The molecule has 14 heavy (non-hydrogen) atoms. The van der Waals surface area contributed by atoms with Crippen LogP contribution in [0.2, 0.25) is 0 Å². The molecule has 1 N–H and O–H groups in total. The zero-order valence-corrected chi connectivity index (χ0v) is 8.61. The van der Waals surface area contributed by atoms with Gasteiger partial charge < -0.3 is 10.1 Å². The van der Waals surface area contributed by atoms with Crippen LogP contribution in [0.25, 0.3) is 0 Å². The number of ether oxygens (including phenoxy) is 1. The molecule has 3 saturated carbocycles. The van der Waals surface area contributed by atoms with E-state index in [4.69, 9.17) is 4.74 Å². The number of fused-ring (bicyclic) bond motifs is 2. The molecular weight excluding hydrogens is 174 g/mol. The fourth-order valence-electron chi connectivity index (χ4n) is 3.91. The van der Waals surface area contributed by atoms with Crippen molar-refractivity contribution in [1.82, 2.24) is 5.32 Å². The molecule has 0 bridgehead atoms. The summed E-state index contributed by atoms with van der Waals surface area (Å²) in [5.74, 6) is 5.03. The fourth-order valence-corrected chi connectivity index (χ4v) is 3.91. The van der Waals surface area contributed by atoms with Crippen molar-refractivity contribution in [1.29, 1.82) is 0 Å². The number of hydrogen-bond acceptors (Lipinski definition) is 2. The summed E-state index contributed by atoms with van der Waals surface area (Å²) in [5.41, 5.74) is 0. The summed E-state index contributed by atoms with van der Waals surface area (Å²) in [6.45, 7) is 3.38. The Morgan fingerprint density at radius 1 is 1.07 bits per heavy atom. The summed E-state index contributed by atoms with van der Waals surface area (Å²) in [4.78, 5) is 0. The van der Waals surface area contributed by atoms with Crippen LogP contribution in [0.15, 0.2) is 0 Å². The minimum Gasteiger partial charge on any atom is -0.381 e. The van der Waals surface area contributed by atoms with Crippen molar-refractivity contribution in [3.63, 3.8) is 0 Å². The molecule has 4 fully saturated rings. The van der Waals surface area contributed by atoms with E-state index in [2.05, 4.69) is 5.32 Å². The lowest BCUT2D eigenvalue weighted by Crippen LogP contribution is -2.31. The number of nitrogens with one attached hydrogen (secondary N) is 1. The van der Waals surface area contributed by atoms with Crippen molar-refractivity contribution in [3.05, 3.63) is 0 Å². The van der Waals surface area contributed by atoms with E-state index < -0.39 is 0 Å². The topological polar surface area (TPSA) is 21.3 Å². The van der Waals surface area contributed by atoms with Crippen LogP contribution in [0.1, 0.15) is 19.3 Å². The van der Waals surface area contributed by atoms with Crippen molar-refractivity contribution in [2.75, 3.05) is 19.8 Å². The van der Waals surface area contributed by atoms with Gasteiger partial charge in [-0.2, -0.15) is 0 Å². The summed E-state index contributed by atoms with van der Waals surface area (Å²) in [5, 5.41) is 3.81. The van der Waals surface area contributed by atoms with Crippen LogP contribution in [-0.2, 0) is 4.74 Å². The molecular formula is C12H19NO. The van der Waals surface area contributed by atoms with Crippen LogP contribution in [0.5, 0.6) is 0 Å². The molecule has 2 nitrogen and oxygen atoms in total. The highest BCUT2D eigenvalue weighted by molar-refractivity contribution is 5.05. The molecule has 0 amide bonds. The first kappa shape index (κ1) is 8.12. The first-order valence-electron chi connectivity index (χ1n) is 6.24. The van der Waals surface area contributed by atoms with E-state index >= 15 is 0 Å². The van der Waals surface area contributed by atoms with Crippen molar-refractivity contribution >= 4 is 0 Å². The normalized spacial score (nSPS) is 58.3. The first-order valence-corrected chi connectivity index (χ1v) is 6.24. The largest absolute Gasteiger partial charge is 0.381 e. The van der Waals surface area contributed by atoms with Gasteiger partial charge in [-0.05, 0) is 55.4 Å².